The molecular formula is C13H17BrN2O4. The van der Waals surface area contributed by atoms with Crippen molar-refractivity contribution in [1.29, 1.82) is 0 Å². The fraction of sp³-hybridized carbons (Fsp3) is 0.385. The lowest BCUT2D eigenvalue weighted by Crippen LogP contribution is -2.51. The van der Waals surface area contributed by atoms with E-state index < -0.39 is 24.1 Å². The molecule has 20 heavy (non-hydrogen) atoms. The average Bonchev–Trinajstić information content (AvgIpc) is 2.34. The Morgan fingerprint density at radius 1 is 1.45 bits per heavy atom. The van der Waals surface area contributed by atoms with Crippen LogP contribution in [-0.4, -0.2) is 46.3 Å². The molecule has 0 saturated heterocycles. The van der Waals surface area contributed by atoms with Gasteiger partial charge in [0, 0.05) is 18.1 Å². The van der Waals surface area contributed by atoms with Crippen molar-refractivity contribution in [2.45, 2.75) is 25.6 Å². The van der Waals surface area contributed by atoms with Crippen LogP contribution >= 0.6 is 15.9 Å². The van der Waals surface area contributed by atoms with Gasteiger partial charge in [-0.3, -0.25) is 0 Å². The number of urea groups is 1. The fourth-order valence-electron chi connectivity index (χ4n) is 1.61. The minimum absolute atomic E-state index is 0.331. The molecule has 2 amide bonds. The number of nitrogens with zero attached hydrogens (tertiary/aromatic N) is 1. The number of carbonyl (C=O) groups is 2. The Hall–Kier alpha value is -1.60. The summed E-state index contributed by atoms with van der Waals surface area (Å²) >= 11 is 3.34. The number of carboxylic acid groups (broad SMARTS) is 1. The van der Waals surface area contributed by atoms with E-state index in [9.17, 15) is 14.7 Å². The summed E-state index contributed by atoms with van der Waals surface area (Å²) in [7, 11) is 1.55. The first-order chi connectivity index (χ1) is 9.31. The SMILES string of the molecule is C[C@@H](O)[C@H](NC(=O)N(C)Cc1cccc(Br)c1)C(=O)O. The minimum Gasteiger partial charge on any atom is -0.480 e. The van der Waals surface area contributed by atoms with Crippen molar-refractivity contribution in [1.82, 2.24) is 10.2 Å². The molecule has 2 atom stereocenters. The van der Waals surface area contributed by atoms with E-state index in [1.54, 1.807) is 7.05 Å². The van der Waals surface area contributed by atoms with Gasteiger partial charge in [-0.1, -0.05) is 28.1 Å². The molecule has 0 unspecified atom stereocenters. The Morgan fingerprint density at radius 3 is 2.60 bits per heavy atom. The molecule has 6 nitrogen and oxygen atoms in total. The number of aliphatic carboxylic acids is 1. The van der Waals surface area contributed by atoms with Crippen molar-refractivity contribution in [2.75, 3.05) is 7.05 Å². The van der Waals surface area contributed by atoms with E-state index >= 15 is 0 Å². The lowest BCUT2D eigenvalue weighted by molar-refractivity contribution is -0.141. The van der Waals surface area contributed by atoms with Gasteiger partial charge in [0.2, 0.25) is 0 Å². The van der Waals surface area contributed by atoms with Crippen LogP contribution < -0.4 is 5.32 Å². The van der Waals surface area contributed by atoms with Crippen LogP contribution in [0.1, 0.15) is 12.5 Å². The van der Waals surface area contributed by atoms with Gasteiger partial charge < -0.3 is 20.4 Å². The average molecular weight is 345 g/mol. The number of aliphatic hydroxyl groups excluding tert-OH is 1. The summed E-state index contributed by atoms with van der Waals surface area (Å²) in [4.78, 5) is 24.1. The van der Waals surface area contributed by atoms with Crippen molar-refractivity contribution < 1.29 is 19.8 Å². The number of nitrogens with one attached hydrogen (secondary N) is 1. The molecule has 7 heteroatoms. The topological polar surface area (TPSA) is 89.9 Å². The largest absolute Gasteiger partial charge is 0.480 e. The summed E-state index contributed by atoms with van der Waals surface area (Å²) in [6.45, 7) is 1.64. The molecule has 0 aliphatic carbocycles. The smallest absolute Gasteiger partial charge is 0.328 e. The van der Waals surface area contributed by atoms with Gasteiger partial charge in [-0.25, -0.2) is 9.59 Å². The van der Waals surface area contributed by atoms with Crippen molar-refractivity contribution in [2.24, 2.45) is 0 Å². The van der Waals surface area contributed by atoms with E-state index in [1.807, 2.05) is 24.3 Å². The van der Waals surface area contributed by atoms with Crippen LogP contribution in [0.2, 0.25) is 0 Å². The number of benzene rings is 1. The molecular weight excluding hydrogens is 328 g/mol. The molecule has 0 saturated carbocycles. The quantitative estimate of drug-likeness (QED) is 0.753. The standard InChI is InChI=1S/C13H17BrN2O4/c1-8(17)11(12(18)19)15-13(20)16(2)7-9-4-3-5-10(14)6-9/h3-6,8,11,17H,7H2,1-2H3,(H,15,20)(H,18,19)/t8-,11+/m1/s1. The van der Waals surface area contributed by atoms with Gasteiger partial charge in [-0.05, 0) is 24.6 Å². The molecule has 0 heterocycles. The number of rotatable bonds is 5. The fourth-order valence-corrected chi connectivity index (χ4v) is 2.06. The third-order valence-corrected chi connectivity index (χ3v) is 3.18. The molecule has 110 valence electrons. The van der Waals surface area contributed by atoms with E-state index in [1.165, 1.54) is 11.8 Å². The summed E-state index contributed by atoms with van der Waals surface area (Å²) in [5.41, 5.74) is 0.904. The maximum Gasteiger partial charge on any atom is 0.328 e. The van der Waals surface area contributed by atoms with Gasteiger partial charge in [0.05, 0.1) is 6.10 Å². The zero-order valence-electron chi connectivity index (χ0n) is 11.2. The highest BCUT2D eigenvalue weighted by Crippen LogP contribution is 2.13. The van der Waals surface area contributed by atoms with Crippen molar-refractivity contribution in [3.05, 3.63) is 34.3 Å². The predicted octanol–water partition coefficient (Wildman–Crippen LogP) is 1.42. The Labute approximate surface area is 125 Å². The van der Waals surface area contributed by atoms with Crippen LogP contribution in [0.25, 0.3) is 0 Å². The summed E-state index contributed by atoms with van der Waals surface area (Å²) in [5, 5.41) is 20.5. The number of aliphatic hydroxyl groups is 1. The number of amides is 2. The van der Waals surface area contributed by atoms with E-state index in [4.69, 9.17) is 5.11 Å². The maximum atomic E-state index is 11.9. The number of halogens is 1. The molecule has 1 aromatic carbocycles. The first-order valence-electron chi connectivity index (χ1n) is 5.98. The minimum atomic E-state index is -1.33. The molecule has 0 bridgehead atoms. The van der Waals surface area contributed by atoms with Crippen LogP contribution in [0.3, 0.4) is 0 Å². The molecule has 0 radical (unpaired) electrons. The molecule has 0 spiro atoms. The summed E-state index contributed by atoms with van der Waals surface area (Å²) < 4.78 is 0.899. The van der Waals surface area contributed by atoms with Gasteiger partial charge in [0.1, 0.15) is 0 Å². The zero-order valence-corrected chi connectivity index (χ0v) is 12.8. The van der Waals surface area contributed by atoms with E-state index in [2.05, 4.69) is 21.2 Å². The maximum absolute atomic E-state index is 11.9. The Kier molecular flexibility index (Phi) is 5.97. The zero-order chi connectivity index (χ0) is 15.3. The van der Waals surface area contributed by atoms with Crippen LogP contribution in [-0.2, 0) is 11.3 Å². The molecule has 0 aliphatic heterocycles. The lowest BCUT2D eigenvalue weighted by atomic mass is 10.2. The molecule has 0 aromatic heterocycles. The Balaban J connectivity index is 2.65. The van der Waals surface area contributed by atoms with Gasteiger partial charge in [-0.15, -0.1) is 0 Å². The molecule has 1 rings (SSSR count). The van der Waals surface area contributed by atoms with Gasteiger partial charge in [0.15, 0.2) is 6.04 Å². The second-order valence-electron chi connectivity index (χ2n) is 4.49. The predicted molar refractivity (Wildman–Crippen MR) is 77.2 cm³/mol. The first kappa shape index (κ1) is 16.5. The molecule has 1 aromatic rings. The number of hydrogen-bond acceptors (Lipinski definition) is 3. The van der Waals surface area contributed by atoms with E-state index in [0.717, 1.165) is 10.0 Å². The van der Waals surface area contributed by atoms with Crippen molar-refractivity contribution in [3.63, 3.8) is 0 Å². The number of hydrogen-bond donors (Lipinski definition) is 3. The van der Waals surface area contributed by atoms with E-state index in [0.29, 0.717) is 6.54 Å². The van der Waals surface area contributed by atoms with Crippen LogP contribution in [0.4, 0.5) is 4.79 Å². The van der Waals surface area contributed by atoms with Crippen molar-refractivity contribution in [3.8, 4) is 0 Å². The van der Waals surface area contributed by atoms with Gasteiger partial charge in [0.25, 0.3) is 0 Å². The molecule has 0 fully saturated rings. The van der Waals surface area contributed by atoms with Crippen LogP contribution in [0.5, 0.6) is 0 Å². The third-order valence-electron chi connectivity index (χ3n) is 2.68. The Bertz CT molecular complexity index is 493. The van der Waals surface area contributed by atoms with Gasteiger partial charge >= 0.3 is 12.0 Å². The molecule has 3 N–H and O–H groups in total. The normalized spacial score (nSPS) is 13.4. The number of carboxylic acids is 1. The highest BCUT2D eigenvalue weighted by molar-refractivity contribution is 9.10. The highest BCUT2D eigenvalue weighted by atomic mass is 79.9. The Morgan fingerprint density at radius 2 is 2.10 bits per heavy atom. The lowest BCUT2D eigenvalue weighted by Gasteiger charge is -2.22. The van der Waals surface area contributed by atoms with Gasteiger partial charge in [-0.2, -0.15) is 0 Å². The second kappa shape index (κ2) is 7.25. The number of carbonyl (C=O) groups excluding carboxylic acids is 1. The van der Waals surface area contributed by atoms with Crippen molar-refractivity contribution >= 4 is 27.9 Å². The summed E-state index contributed by atoms with van der Waals surface area (Å²) in [6, 6.07) is 5.56. The second-order valence-corrected chi connectivity index (χ2v) is 5.41. The van der Waals surface area contributed by atoms with Crippen LogP contribution in [0, 0.1) is 0 Å². The van der Waals surface area contributed by atoms with E-state index in [-0.39, 0.29) is 0 Å². The summed E-state index contributed by atoms with van der Waals surface area (Å²) in [6.07, 6.45) is -1.17. The van der Waals surface area contributed by atoms with Crippen LogP contribution in [0.15, 0.2) is 28.7 Å². The first-order valence-corrected chi connectivity index (χ1v) is 6.77. The third kappa shape index (κ3) is 4.82. The highest BCUT2D eigenvalue weighted by Gasteiger charge is 2.26. The monoisotopic (exact) mass is 344 g/mol. The molecule has 0 aliphatic rings. The summed E-state index contributed by atoms with van der Waals surface area (Å²) in [5.74, 6) is -1.27.